The number of anilines is 1. The Bertz CT molecular complexity index is 986. The van der Waals surface area contributed by atoms with Crippen LogP contribution in [0.3, 0.4) is 0 Å². The summed E-state index contributed by atoms with van der Waals surface area (Å²) in [5.74, 6) is -0.322. The Labute approximate surface area is 147 Å². The normalized spacial score (nSPS) is 14.9. The zero-order chi connectivity index (χ0) is 17.4. The molecule has 1 amide bonds. The summed E-state index contributed by atoms with van der Waals surface area (Å²) in [7, 11) is 0. The first-order valence-corrected chi connectivity index (χ1v) is 9.09. The number of aryl methyl sites for hydroxylation is 2. The second-order valence-corrected chi connectivity index (χ2v) is 7.20. The Kier molecular flexibility index (Phi) is 4.04. The molecule has 1 aliphatic carbocycles. The predicted molar refractivity (Wildman–Crippen MR) is 95.9 cm³/mol. The molecule has 1 atom stereocenters. The lowest BCUT2D eigenvalue weighted by atomic mass is 10.0. The summed E-state index contributed by atoms with van der Waals surface area (Å²) < 4.78 is 1.12. The molecule has 2 aromatic heterocycles. The monoisotopic (exact) mass is 355 g/mol. The number of carbonyl (C=O) groups excluding carboxylic acids is 1. The van der Waals surface area contributed by atoms with Crippen LogP contribution in [0.2, 0.25) is 0 Å². The van der Waals surface area contributed by atoms with Crippen LogP contribution in [0, 0.1) is 0 Å². The van der Waals surface area contributed by atoms with Crippen molar-refractivity contribution in [3.63, 3.8) is 0 Å². The Morgan fingerprint density at radius 1 is 1.28 bits per heavy atom. The maximum absolute atomic E-state index is 12.6. The SMILES string of the molecule is CC(C(=O)Nc1nc2c(s1)CCCC2)n1nnc2ccccc2c1=O. The zero-order valence-electron chi connectivity index (χ0n) is 13.7. The molecular weight excluding hydrogens is 338 g/mol. The van der Waals surface area contributed by atoms with E-state index in [4.69, 9.17) is 0 Å². The molecule has 1 aromatic carbocycles. The van der Waals surface area contributed by atoms with Gasteiger partial charge in [-0.1, -0.05) is 17.3 Å². The van der Waals surface area contributed by atoms with Crippen molar-refractivity contribution in [1.29, 1.82) is 0 Å². The third kappa shape index (κ3) is 2.93. The average Bonchev–Trinajstić information content (AvgIpc) is 3.04. The highest BCUT2D eigenvalue weighted by molar-refractivity contribution is 7.15. The summed E-state index contributed by atoms with van der Waals surface area (Å²) in [5, 5.41) is 11.8. The van der Waals surface area contributed by atoms with Crippen molar-refractivity contribution >= 4 is 33.3 Å². The number of amides is 1. The van der Waals surface area contributed by atoms with Gasteiger partial charge in [-0.25, -0.2) is 4.98 Å². The lowest BCUT2D eigenvalue weighted by molar-refractivity contribution is -0.119. The number of hydrogen-bond acceptors (Lipinski definition) is 6. The van der Waals surface area contributed by atoms with Crippen LogP contribution >= 0.6 is 11.3 Å². The number of fused-ring (bicyclic) bond motifs is 2. The maximum Gasteiger partial charge on any atom is 0.278 e. The largest absolute Gasteiger partial charge is 0.300 e. The van der Waals surface area contributed by atoms with Crippen LogP contribution in [0.5, 0.6) is 0 Å². The Hall–Kier alpha value is -2.61. The van der Waals surface area contributed by atoms with Crippen LogP contribution in [0.25, 0.3) is 10.9 Å². The van der Waals surface area contributed by atoms with Crippen molar-refractivity contribution in [1.82, 2.24) is 20.0 Å². The summed E-state index contributed by atoms with van der Waals surface area (Å²) in [6.07, 6.45) is 4.30. The molecule has 8 heteroatoms. The molecule has 0 saturated heterocycles. The first kappa shape index (κ1) is 15.9. The molecule has 128 valence electrons. The van der Waals surface area contributed by atoms with E-state index < -0.39 is 6.04 Å². The van der Waals surface area contributed by atoms with Crippen LogP contribution in [-0.4, -0.2) is 25.9 Å². The minimum Gasteiger partial charge on any atom is -0.300 e. The third-order valence-electron chi connectivity index (χ3n) is 4.41. The highest BCUT2D eigenvalue weighted by Gasteiger charge is 2.22. The van der Waals surface area contributed by atoms with E-state index in [0.717, 1.165) is 29.6 Å². The van der Waals surface area contributed by atoms with Gasteiger partial charge in [0.05, 0.1) is 11.1 Å². The standard InChI is InChI=1S/C17H17N5O2S/c1-10(22-16(24)11-6-2-3-7-12(11)20-21-22)15(23)19-17-18-13-8-4-5-9-14(13)25-17/h2-3,6-7,10H,4-5,8-9H2,1H3,(H,18,19,23). The average molecular weight is 355 g/mol. The van der Waals surface area contributed by atoms with Crippen molar-refractivity contribution in [2.75, 3.05) is 5.32 Å². The van der Waals surface area contributed by atoms with Gasteiger partial charge in [0.2, 0.25) is 0 Å². The maximum atomic E-state index is 12.6. The minimum atomic E-state index is -0.773. The lowest BCUT2D eigenvalue weighted by Crippen LogP contribution is -2.34. The highest BCUT2D eigenvalue weighted by Crippen LogP contribution is 2.29. The van der Waals surface area contributed by atoms with Crippen LogP contribution in [-0.2, 0) is 17.6 Å². The van der Waals surface area contributed by atoms with E-state index in [0.29, 0.717) is 16.0 Å². The number of thiazole rings is 1. The molecule has 0 spiro atoms. The molecule has 0 fully saturated rings. The Morgan fingerprint density at radius 3 is 2.92 bits per heavy atom. The summed E-state index contributed by atoms with van der Waals surface area (Å²) in [6, 6.07) is 6.19. The van der Waals surface area contributed by atoms with Gasteiger partial charge < -0.3 is 5.32 Å². The first-order chi connectivity index (χ1) is 12.1. The predicted octanol–water partition coefficient (Wildman–Crippen LogP) is 2.33. The van der Waals surface area contributed by atoms with Crippen LogP contribution < -0.4 is 10.9 Å². The molecule has 1 N–H and O–H groups in total. The van der Waals surface area contributed by atoms with Gasteiger partial charge in [-0.15, -0.1) is 16.4 Å². The van der Waals surface area contributed by atoms with Crippen molar-refractivity contribution < 1.29 is 4.79 Å². The minimum absolute atomic E-state index is 0.322. The molecule has 2 heterocycles. The summed E-state index contributed by atoms with van der Waals surface area (Å²) in [5.41, 5.74) is 1.28. The van der Waals surface area contributed by atoms with Gasteiger partial charge in [0.25, 0.3) is 11.5 Å². The topological polar surface area (TPSA) is 89.8 Å². The fraction of sp³-hybridized carbons (Fsp3) is 0.353. The summed E-state index contributed by atoms with van der Waals surface area (Å²) in [4.78, 5) is 30.8. The van der Waals surface area contributed by atoms with E-state index in [2.05, 4.69) is 20.6 Å². The Balaban J connectivity index is 1.59. The smallest absolute Gasteiger partial charge is 0.278 e. The van der Waals surface area contributed by atoms with Crippen molar-refractivity contribution in [3.05, 3.63) is 45.2 Å². The van der Waals surface area contributed by atoms with Gasteiger partial charge in [0.15, 0.2) is 5.13 Å². The lowest BCUT2D eigenvalue weighted by Gasteiger charge is -2.12. The van der Waals surface area contributed by atoms with Crippen LogP contribution in [0.4, 0.5) is 5.13 Å². The molecule has 25 heavy (non-hydrogen) atoms. The molecule has 4 rings (SSSR count). The summed E-state index contributed by atoms with van der Waals surface area (Å²) in [6.45, 7) is 1.63. The first-order valence-electron chi connectivity index (χ1n) is 8.27. The molecule has 0 radical (unpaired) electrons. The quantitative estimate of drug-likeness (QED) is 0.779. The number of rotatable bonds is 3. The number of nitrogens with one attached hydrogen (secondary N) is 1. The molecular formula is C17H17N5O2S. The third-order valence-corrected chi connectivity index (χ3v) is 5.49. The van der Waals surface area contributed by atoms with Crippen molar-refractivity contribution in [2.24, 2.45) is 0 Å². The number of benzene rings is 1. The van der Waals surface area contributed by atoms with Crippen molar-refractivity contribution in [2.45, 2.75) is 38.6 Å². The number of carbonyl (C=O) groups is 1. The second-order valence-electron chi connectivity index (χ2n) is 6.12. The summed E-state index contributed by atoms with van der Waals surface area (Å²) >= 11 is 1.52. The van der Waals surface area contributed by atoms with E-state index in [1.165, 1.54) is 22.6 Å². The number of nitrogens with zero attached hydrogens (tertiary/aromatic N) is 4. The molecule has 3 aromatic rings. The van der Waals surface area contributed by atoms with Gasteiger partial charge in [-0.2, -0.15) is 4.68 Å². The molecule has 1 unspecified atom stereocenters. The van der Waals surface area contributed by atoms with Gasteiger partial charge in [-0.3, -0.25) is 9.59 Å². The van der Waals surface area contributed by atoms with Crippen molar-refractivity contribution in [3.8, 4) is 0 Å². The fourth-order valence-corrected chi connectivity index (χ4v) is 4.03. The molecule has 1 aliphatic rings. The number of aromatic nitrogens is 4. The van der Waals surface area contributed by atoms with Gasteiger partial charge >= 0.3 is 0 Å². The molecule has 0 saturated carbocycles. The van der Waals surface area contributed by atoms with E-state index in [-0.39, 0.29) is 11.5 Å². The van der Waals surface area contributed by atoms with Gasteiger partial charge in [0.1, 0.15) is 11.6 Å². The highest BCUT2D eigenvalue weighted by atomic mass is 32.1. The van der Waals surface area contributed by atoms with E-state index in [1.807, 2.05) is 0 Å². The fourth-order valence-electron chi connectivity index (χ4n) is 2.98. The van der Waals surface area contributed by atoms with Gasteiger partial charge in [-0.05, 0) is 44.7 Å². The molecule has 7 nitrogen and oxygen atoms in total. The molecule has 0 aliphatic heterocycles. The van der Waals surface area contributed by atoms with Gasteiger partial charge in [0, 0.05) is 4.88 Å². The van der Waals surface area contributed by atoms with Crippen LogP contribution in [0.1, 0.15) is 36.4 Å². The van der Waals surface area contributed by atoms with E-state index >= 15 is 0 Å². The molecule has 0 bridgehead atoms. The van der Waals surface area contributed by atoms with E-state index in [9.17, 15) is 9.59 Å². The Morgan fingerprint density at radius 2 is 2.08 bits per heavy atom. The number of hydrogen-bond donors (Lipinski definition) is 1. The zero-order valence-corrected chi connectivity index (χ0v) is 14.5. The van der Waals surface area contributed by atoms with E-state index in [1.54, 1.807) is 31.2 Å². The second kappa shape index (κ2) is 6.36. The van der Waals surface area contributed by atoms with Crippen LogP contribution in [0.15, 0.2) is 29.1 Å².